The van der Waals surface area contributed by atoms with Crippen LogP contribution in [0.4, 0.5) is 0 Å². The Hall–Kier alpha value is -0.860. The van der Waals surface area contributed by atoms with Crippen molar-refractivity contribution in [2.75, 3.05) is 0 Å². The van der Waals surface area contributed by atoms with Crippen molar-refractivity contribution in [2.24, 2.45) is 11.0 Å². The molecule has 0 spiro atoms. The minimum atomic E-state index is 0.0787. The van der Waals surface area contributed by atoms with E-state index in [0.717, 1.165) is 6.42 Å². The first-order chi connectivity index (χ1) is 10.8. The van der Waals surface area contributed by atoms with E-state index in [1.165, 1.54) is 83.5 Å². The molecule has 0 aromatic carbocycles. The lowest BCUT2D eigenvalue weighted by atomic mass is 9.90. The summed E-state index contributed by atoms with van der Waals surface area (Å²) in [5.74, 6) is 0.664. The standard InChI is InChI=1S/C19H36N2O/c1-2-3-4-5-6-7-8-9-13-16-19(22)21-20-17-18-14-11-10-12-15-18/h17-18H,2-16H2,1H3,(H,21,22)/b20-17-. The Morgan fingerprint density at radius 2 is 1.55 bits per heavy atom. The van der Waals surface area contributed by atoms with Crippen LogP contribution in [0.5, 0.6) is 0 Å². The van der Waals surface area contributed by atoms with Crippen LogP contribution in [0.25, 0.3) is 0 Å². The van der Waals surface area contributed by atoms with E-state index in [0.29, 0.717) is 12.3 Å². The Balaban J connectivity index is 1.87. The van der Waals surface area contributed by atoms with E-state index in [9.17, 15) is 4.79 Å². The molecule has 0 aromatic heterocycles. The average Bonchev–Trinajstić information content (AvgIpc) is 2.54. The van der Waals surface area contributed by atoms with E-state index in [-0.39, 0.29) is 5.91 Å². The molecule has 3 heteroatoms. The molecule has 0 bridgehead atoms. The van der Waals surface area contributed by atoms with Gasteiger partial charge in [0.25, 0.3) is 0 Å². The number of carbonyl (C=O) groups excluding carboxylic acids is 1. The number of hydrogen-bond donors (Lipinski definition) is 1. The molecule has 0 radical (unpaired) electrons. The van der Waals surface area contributed by atoms with Crippen LogP contribution in [0.1, 0.15) is 103 Å². The highest BCUT2D eigenvalue weighted by Gasteiger charge is 2.10. The van der Waals surface area contributed by atoms with Crippen molar-refractivity contribution in [1.82, 2.24) is 5.43 Å². The van der Waals surface area contributed by atoms with Gasteiger partial charge < -0.3 is 0 Å². The number of amides is 1. The first-order valence-corrected chi connectivity index (χ1v) is 9.65. The molecule has 3 nitrogen and oxygen atoms in total. The predicted octanol–water partition coefficient (Wildman–Crippen LogP) is 5.59. The quantitative estimate of drug-likeness (QED) is 0.285. The highest BCUT2D eigenvalue weighted by molar-refractivity contribution is 5.76. The second-order valence-corrected chi connectivity index (χ2v) is 6.79. The summed E-state index contributed by atoms with van der Waals surface area (Å²) in [6.07, 6.45) is 20.6. The summed E-state index contributed by atoms with van der Waals surface area (Å²) in [6, 6.07) is 0. The van der Waals surface area contributed by atoms with Gasteiger partial charge in [0.2, 0.25) is 5.91 Å². The third kappa shape index (κ3) is 10.8. The molecule has 1 N–H and O–H groups in total. The van der Waals surface area contributed by atoms with Crippen molar-refractivity contribution in [3.05, 3.63) is 0 Å². The van der Waals surface area contributed by atoms with E-state index >= 15 is 0 Å². The topological polar surface area (TPSA) is 41.5 Å². The highest BCUT2D eigenvalue weighted by atomic mass is 16.2. The minimum absolute atomic E-state index is 0.0787. The first kappa shape index (κ1) is 19.2. The second kappa shape index (κ2) is 13.8. The number of nitrogens with zero attached hydrogens (tertiary/aromatic N) is 1. The minimum Gasteiger partial charge on any atom is -0.273 e. The van der Waals surface area contributed by atoms with Crippen LogP contribution in [0.3, 0.4) is 0 Å². The van der Waals surface area contributed by atoms with Crippen LogP contribution in [0.15, 0.2) is 5.10 Å². The van der Waals surface area contributed by atoms with Gasteiger partial charge in [-0.15, -0.1) is 0 Å². The van der Waals surface area contributed by atoms with Gasteiger partial charge in [0, 0.05) is 12.6 Å². The lowest BCUT2D eigenvalue weighted by Crippen LogP contribution is -2.18. The van der Waals surface area contributed by atoms with Crippen molar-refractivity contribution >= 4 is 12.1 Å². The van der Waals surface area contributed by atoms with Crippen molar-refractivity contribution < 1.29 is 4.79 Å². The molecule has 0 aliphatic heterocycles. The number of hydrogen-bond acceptors (Lipinski definition) is 2. The number of hydrazone groups is 1. The summed E-state index contributed by atoms with van der Waals surface area (Å²) in [4.78, 5) is 11.7. The lowest BCUT2D eigenvalue weighted by Gasteiger charge is -2.16. The fourth-order valence-electron chi connectivity index (χ4n) is 3.15. The summed E-state index contributed by atoms with van der Waals surface area (Å²) < 4.78 is 0. The van der Waals surface area contributed by atoms with Crippen molar-refractivity contribution in [2.45, 2.75) is 103 Å². The van der Waals surface area contributed by atoms with E-state index in [1.807, 2.05) is 6.21 Å². The second-order valence-electron chi connectivity index (χ2n) is 6.79. The summed E-state index contributed by atoms with van der Waals surface area (Å²) in [6.45, 7) is 2.25. The van der Waals surface area contributed by atoms with Crippen molar-refractivity contribution in [1.29, 1.82) is 0 Å². The van der Waals surface area contributed by atoms with E-state index in [1.54, 1.807) is 0 Å². The Labute approximate surface area is 137 Å². The lowest BCUT2D eigenvalue weighted by molar-refractivity contribution is -0.121. The molecule has 0 saturated heterocycles. The summed E-state index contributed by atoms with van der Waals surface area (Å²) >= 11 is 0. The molecule has 0 aromatic rings. The van der Waals surface area contributed by atoms with Crippen molar-refractivity contribution in [3.8, 4) is 0 Å². The number of rotatable bonds is 12. The zero-order valence-corrected chi connectivity index (χ0v) is 14.6. The Morgan fingerprint density at radius 3 is 2.18 bits per heavy atom. The van der Waals surface area contributed by atoms with Gasteiger partial charge >= 0.3 is 0 Å². The molecule has 1 aliphatic rings. The third-order valence-corrected chi connectivity index (χ3v) is 4.63. The van der Waals surface area contributed by atoms with Gasteiger partial charge in [-0.3, -0.25) is 4.79 Å². The fraction of sp³-hybridized carbons (Fsp3) is 0.895. The molecule has 0 heterocycles. The number of carbonyl (C=O) groups is 1. The molecular formula is C19H36N2O. The molecule has 1 amide bonds. The molecule has 1 rings (SSSR count). The van der Waals surface area contributed by atoms with Crippen LogP contribution in [-0.4, -0.2) is 12.1 Å². The average molecular weight is 309 g/mol. The molecule has 128 valence electrons. The molecule has 1 fully saturated rings. The monoisotopic (exact) mass is 308 g/mol. The number of unbranched alkanes of at least 4 members (excludes halogenated alkanes) is 8. The largest absolute Gasteiger partial charge is 0.273 e. The molecule has 1 aliphatic carbocycles. The van der Waals surface area contributed by atoms with Gasteiger partial charge in [0.15, 0.2) is 0 Å². The van der Waals surface area contributed by atoms with Crippen LogP contribution >= 0.6 is 0 Å². The van der Waals surface area contributed by atoms with Gasteiger partial charge in [-0.2, -0.15) is 5.10 Å². The van der Waals surface area contributed by atoms with Gasteiger partial charge in [-0.1, -0.05) is 77.6 Å². The zero-order chi connectivity index (χ0) is 15.9. The molecular weight excluding hydrogens is 272 g/mol. The SMILES string of the molecule is CCCCCCCCCCCC(=O)N/N=C\C1CCCCC1. The van der Waals surface area contributed by atoms with Crippen LogP contribution in [0.2, 0.25) is 0 Å². The van der Waals surface area contributed by atoms with Crippen LogP contribution in [0, 0.1) is 5.92 Å². The smallest absolute Gasteiger partial charge is 0.240 e. The molecule has 22 heavy (non-hydrogen) atoms. The molecule has 1 saturated carbocycles. The van der Waals surface area contributed by atoms with Gasteiger partial charge in [-0.05, 0) is 25.2 Å². The van der Waals surface area contributed by atoms with Crippen LogP contribution in [-0.2, 0) is 4.79 Å². The Morgan fingerprint density at radius 1 is 0.955 bits per heavy atom. The number of nitrogens with one attached hydrogen (secondary N) is 1. The van der Waals surface area contributed by atoms with E-state index < -0.39 is 0 Å². The van der Waals surface area contributed by atoms with Gasteiger partial charge in [0.1, 0.15) is 0 Å². The van der Waals surface area contributed by atoms with Gasteiger partial charge in [0.05, 0.1) is 0 Å². The maximum absolute atomic E-state index is 11.7. The first-order valence-electron chi connectivity index (χ1n) is 9.65. The third-order valence-electron chi connectivity index (χ3n) is 4.63. The summed E-state index contributed by atoms with van der Waals surface area (Å²) in [5.41, 5.74) is 2.69. The van der Waals surface area contributed by atoms with Gasteiger partial charge in [-0.25, -0.2) is 5.43 Å². The Kier molecular flexibility index (Phi) is 12.0. The molecule has 0 unspecified atom stereocenters. The van der Waals surface area contributed by atoms with Crippen LogP contribution < -0.4 is 5.43 Å². The zero-order valence-electron chi connectivity index (χ0n) is 14.6. The van der Waals surface area contributed by atoms with E-state index in [4.69, 9.17) is 0 Å². The Bertz CT molecular complexity index is 296. The fourth-order valence-corrected chi connectivity index (χ4v) is 3.15. The molecule has 0 atom stereocenters. The highest BCUT2D eigenvalue weighted by Crippen LogP contribution is 2.21. The normalized spacial score (nSPS) is 16.2. The predicted molar refractivity (Wildman–Crippen MR) is 95.1 cm³/mol. The maximum Gasteiger partial charge on any atom is 0.240 e. The summed E-state index contributed by atoms with van der Waals surface area (Å²) in [7, 11) is 0. The van der Waals surface area contributed by atoms with Crippen molar-refractivity contribution in [3.63, 3.8) is 0 Å². The summed E-state index contributed by atoms with van der Waals surface area (Å²) in [5, 5.41) is 4.13. The van der Waals surface area contributed by atoms with E-state index in [2.05, 4.69) is 17.5 Å². The maximum atomic E-state index is 11.7.